The molecule has 0 radical (unpaired) electrons. The van der Waals surface area contributed by atoms with Crippen LogP contribution in [0, 0.1) is 5.92 Å². The van der Waals surface area contributed by atoms with Gasteiger partial charge in [0.25, 0.3) is 0 Å². The highest BCUT2D eigenvalue weighted by molar-refractivity contribution is 7.89. The molecule has 1 aromatic heterocycles. The summed E-state index contributed by atoms with van der Waals surface area (Å²) in [7, 11) is -0.702. The van der Waals surface area contributed by atoms with Gasteiger partial charge in [0, 0.05) is 20.1 Å². The summed E-state index contributed by atoms with van der Waals surface area (Å²) in [6.45, 7) is 2.18. The Bertz CT molecular complexity index is 1030. The Hall–Kier alpha value is -1.93. The summed E-state index contributed by atoms with van der Waals surface area (Å²) in [5.41, 5.74) is -0.399. The van der Waals surface area contributed by atoms with Crippen LogP contribution in [0.4, 0.5) is 0 Å². The molecule has 0 spiro atoms. The van der Waals surface area contributed by atoms with Crippen LogP contribution in [0.25, 0.3) is 11.0 Å². The number of fused-ring (bicyclic) bond motifs is 1. The standard InChI is InChI=1S/C17H23N3O4S/c1-11-4-6-12(7-5-11)18-25(23,24)13-8-9-14-15(10-13)20(3)17(22)16(21)19(14)2/h8-12,18H,4-7H2,1-3H3. The van der Waals surface area contributed by atoms with Crippen molar-refractivity contribution in [3.05, 3.63) is 38.9 Å². The maximum atomic E-state index is 12.7. The molecule has 25 heavy (non-hydrogen) atoms. The van der Waals surface area contributed by atoms with Gasteiger partial charge in [-0.3, -0.25) is 9.59 Å². The molecule has 0 unspecified atom stereocenters. The van der Waals surface area contributed by atoms with Crippen LogP contribution in [-0.4, -0.2) is 23.6 Å². The topological polar surface area (TPSA) is 90.2 Å². The quantitative estimate of drug-likeness (QED) is 0.825. The average Bonchev–Trinajstić information content (AvgIpc) is 2.59. The molecule has 1 aromatic carbocycles. The monoisotopic (exact) mass is 365 g/mol. The average molecular weight is 365 g/mol. The molecule has 7 nitrogen and oxygen atoms in total. The summed E-state index contributed by atoms with van der Waals surface area (Å²) in [4.78, 5) is 24.0. The van der Waals surface area contributed by atoms with Crippen molar-refractivity contribution in [2.24, 2.45) is 20.0 Å². The third-order valence-electron chi connectivity index (χ3n) is 5.11. The summed E-state index contributed by atoms with van der Waals surface area (Å²) in [5.74, 6) is 0.636. The molecule has 0 bridgehead atoms. The molecular weight excluding hydrogens is 342 g/mol. The molecule has 8 heteroatoms. The molecule has 2 aromatic rings. The molecule has 0 saturated heterocycles. The lowest BCUT2D eigenvalue weighted by molar-refractivity contribution is 0.332. The Labute approximate surface area is 146 Å². The van der Waals surface area contributed by atoms with E-state index in [0.29, 0.717) is 17.0 Å². The number of hydrogen-bond donors (Lipinski definition) is 1. The second-order valence-corrected chi connectivity index (χ2v) is 8.67. The van der Waals surface area contributed by atoms with Crippen molar-refractivity contribution in [3.63, 3.8) is 0 Å². The highest BCUT2D eigenvalue weighted by atomic mass is 32.2. The van der Waals surface area contributed by atoms with E-state index in [1.165, 1.54) is 35.4 Å². The maximum absolute atomic E-state index is 12.7. The number of aromatic nitrogens is 2. The Morgan fingerprint density at radius 1 is 0.960 bits per heavy atom. The van der Waals surface area contributed by atoms with Gasteiger partial charge < -0.3 is 9.13 Å². The third kappa shape index (κ3) is 3.28. The van der Waals surface area contributed by atoms with Crippen molar-refractivity contribution < 1.29 is 8.42 Å². The fourth-order valence-electron chi connectivity index (χ4n) is 3.39. The number of hydrogen-bond acceptors (Lipinski definition) is 4. The van der Waals surface area contributed by atoms with Crippen molar-refractivity contribution >= 4 is 21.1 Å². The van der Waals surface area contributed by atoms with Crippen LogP contribution in [0.5, 0.6) is 0 Å². The van der Waals surface area contributed by atoms with Crippen LogP contribution in [0.1, 0.15) is 32.6 Å². The zero-order chi connectivity index (χ0) is 18.4. The maximum Gasteiger partial charge on any atom is 0.316 e. The molecule has 1 fully saturated rings. The predicted molar refractivity (Wildman–Crippen MR) is 96.2 cm³/mol. The summed E-state index contributed by atoms with van der Waals surface area (Å²) < 4.78 is 30.6. The van der Waals surface area contributed by atoms with Gasteiger partial charge in [0.1, 0.15) is 0 Å². The molecular formula is C17H23N3O4S. The number of nitrogens with zero attached hydrogens (tertiary/aromatic N) is 2. The summed E-state index contributed by atoms with van der Waals surface area (Å²) in [5, 5.41) is 0. The number of rotatable bonds is 3. The zero-order valence-corrected chi connectivity index (χ0v) is 15.5. The van der Waals surface area contributed by atoms with Crippen LogP contribution in [0.3, 0.4) is 0 Å². The largest absolute Gasteiger partial charge is 0.316 e. The lowest BCUT2D eigenvalue weighted by Crippen LogP contribution is -2.39. The number of nitrogens with one attached hydrogen (secondary N) is 1. The number of sulfonamides is 1. The molecule has 1 aliphatic rings. The molecule has 1 N–H and O–H groups in total. The van der Waals surface area contributed by atoms with E-state index in [2.05, 4.69) is 11.6 Å². The predicted octanol–water partition coefficient (Wildman–Crippen LogP) is 1.09. The second kappa shape index (κ2) is 6.42. The normalized spacial score (nSPS) is 21.6. The minimum Gasteiger partial charge on any atom is -0.305 e. The van der Waals surface area contributed by atoms with Gasteiger partial charge in [-0.15, -0.1) is 0 Å². The van der Waals surface area contributed by atoms with E-state index < -0.39 is 21.1 Å². The highest BCUT2D eigenvalue weighted by Crippen LogP contribution is 2.25. The van der Waals surface area contributed by atoms with Gasteiger partial charge in [-0.1, -0.05) is 6.92 Å². The van der Waals surface area contributed by atoms with Gasteiger partial charge in [0.2, 0.25) is 10.0 Å². The first kappa shape index (κ1) is 17.9. The molecule has 0 aliphatic heterocycles. The van der Waals surface area contributed by atoms with Crippen LogP contribution < -0.4 is 15.8 Å². The minimum absolute atomic E-state index is 0.0548. The Morgan fingerprint density at radius 3 is 2.12 bits per heavy atom. The van der Waals surface area contributed by atoms with Crippen LogP contribution in [-0.2, 0) is 24.1 Å². The SMILES string of the molecule is CC1CCC(NS(=O)(=O)c2ccc3c(c2)n(C)c(=O)c(=O)n3C)CC1. The molecule has 0 amide bonds. The number of benzene rings is 1. The molecule has 1 aliphatic carbocycles. The first-order valence-corrected chi connectivity index (χ1v) is 9.91. The van der Waals surface area contributed by atoms with Crippen LogP contribution in [0.15, 0.2) is 32.7 Å². The zero-order valence-electron chi connectivity index (χ0n) is 14.7. The molecule has 1 heterocycles. The van der Waals surface area contributed by atoms with E-state index in [9.17, 15) is 18.0 Å². The van der Waals surface area contributed by atoms with Gasteiger partial charge in [-0.25, -0.2) is 13.1 Å². The smallest absolute Gasteiger partial charge is 0.305 e. The third-order valence-corrected chi connectivity index (χ3v) is 6.63. The lowest BCUT2D eigenvalue weighted by atomic mass is 9.88. The first-order valence-electron chi connectivity index (χ1n) is 8.43. The van der Waals surface area contributed by atoms with E-state index >= 15 is 0 Å². The van der Waals surface area contributed by atoms with Gasteiger partial charge in [-0.05, 0) is 49.8 Å². The Kier molecular flexibility index (Phi) is 4.59. The first-order chi connectivity index (χ1) is 11.7. The van der Waals surface area contributed by atoms with Crippen molar-refractivity contribution in [2.45, 2.75) is 43.5 Å². The summed E-state index contributed by atoms with van der Waals surface area (Å²) >= 11 is 0. The van der Waals surface area contributed by atoms with E-state index in [1.807, 2.05) is 0 Å². The highest BCUT2D eigenvalue weighted by Gasteiger charge is 2.24. The van der Waals surface area contributed by atoms with Crippen molar-refractivity contribution in [1.82, 2.24) is 13.9 Å². The number of aryl methyl sites for hydroxylation is 2. The van der Waals surface area contributed by atoms with Gasteiger partial charge >= 0.3 is 11.1 Å². The fourth-order valence-corrected chi connectivity index (χ4v) is 4.72. The van der Waals surface area contributed by atoms with E-state index in [-0.39, 0.29) is 10.9 Å². The summed E-state index contributed by atoms with van der Waals surface area (Å²) in [6.07, 6.45) is 3.70. The van der Waals surface area contributed by atoms with Crippen LogP contribution >= 0.6 is 0 Å². The molecule has 3 rings (SSSR count). The summed E-state index contributed by atoms with van der Waals surface area (Å²) in [6, 6.07) is 4.43. The van der Waals surface area contributed by atoms with Crippen molar-refractivity contribution in [1.29, 1.82) is 0 Å². The van der Waals surface area contributed by atoms with Gasteiger partial charge in [0.05, 0.1) is 15.9 Å². The van der Waals surface area contributed by atoms with Gasteiger partial charge in [0.15, 0.2) is 0 Å². The van der Waals surface area contributed by atoms with Crippen molar-refractivity contribution in [2.75, 3.05) is 0 Å². The molecule has 1 saturated carbocycles. The van der Waals surface area contributed by atoms with Gasteiger partial charge in [-0.2, -0.15) is 0 Å². The van der Waals surface area contributed by atoms with Crippen LogP contribution in [0.2, 0.25) is 0 Å². The lowest BCUT2D eigenvalue weighted by Gasteiger charge is -2.26. The molecule has 0 atom stereocenters. The van der Waals surface area contributed by atoms with E-state index in [0.717, 1.165) is 25.7 Å². The molecule has 136 valence electrons. The van der Waals surface area contributed by atoms with Crippen molar-refractivity contribution in [3.8, 4) is 0 Å². The Morgan fingerprint density at radius 2 is 1.52 bits per heavy atom. The fraction of sp³-hybridized carbons (Fsp3) is 0.529. The van der Waals surface area contributed by atoms with E-state index in [1.54, 1.807) is 6.07 Å². The second-order valence-electron chi connectivity index (χ2n) is 6.96. The Balaban J connectivity index is 2.01. The minimum atomic E-state index is -3.67. The van der Waals surface area contributed by atoms with E-state index in [4.69, 9.17) is 0 Å².